The van der Waals surface area contributed by atoms with E-state index in [2.05, 4.69) is 5.32 Å². The summed E-state index contributed by atoms with van der Waals surface area (Å²) in [5, 5.41) is 2.36. The van der Waals surface area contributed by atoms with Gasteiger partial charge in [0.2, 0.25) is 0 Å². The summed E-state index contributed by atoms with van der Waals surface area (Å²) in [5.74, 6) is 0. The monoisotopic (exact) mass is 203 g/mol. The number of alkyl carbamates (subject to hydrolysis) is 1. The Hall–Kier alpha value is -1.06. The lowest BCUT2D eigenvalue weighted by molar-refractivity contribution is -0.109. The zero-order valence-electron chi connectivity index (χ0n) is 9.88. The third-order valence-electron chi connectivity index (χ3n) is 0.949. The van der Waals surface area contributed by atoms with Crippen molar-refractivity contribution in [2.75, 3.05) is 0 Å². The average molecular weight is 203 g/mol. The third-order valence-corrected chi connectivity index (χ3v) is 0.949. The van der Waals surface area contributed by atoms with Gasteiger partial charge in [-0.3, -0.25) is 0 Å². The fraction of sp³-hybridized carbons (Fsp3) is 0.800. The maximum absolute atomic E-state index is 10.9. The minimum absolute atomic E-state index is 0.500. The van der Waals surface area contributed by atoms with Crippen LogP contribution in [0.3, 0.4) is 0 Å². The van der Waals surface area contributed by atoms with Gasteiger partial charge in [-0.15, -0.1) is 0 Å². The Morgan fingerprint density at radius 1 is 1.36 bits per heavy atom. The number of amides is 1. The standard InChI is InChI=1S/C8H15NO3.C2H6/c1-6(5-10)9-7(11)12-8(2,3)4;1-2/h5-6H,1-4H3,(H,9,11);1-2H3. The van der Waals surface area contributed by atoms with Gasteiger partial charge in [-0.2, -0.15) is 0 Å². The number of carbonyl (C=O) groups is 2. The normalized spacial score (nSPS) is 11.9. The van der Waals surface area contributed by atoms with E-state index in [0.717, 1.165) is 0 Å². The summed E-state index contributed by atoms with van der Waals surface area (Å²) < 4.78 is 4.90. The highest BCUT2D eigenvalue weighted by atomic mass is 16.6. The van der Waals surface area contributed by atoms with Crippen LogP contribution in [0.25, 0.3) is 0 Å². The van der Waals surface area contributed by atoms with Crippen LogP contribution in [-0.2, 0) is 9.53 Å². The van der Waals surface area contributed by atoms with E-state index >= 15 is 0 Å². The Bertz CT molecular complexity index is 173. The summed E-state index contributed by atoms with van der Waals surface area (Å²) >= 11 is 0. The van der Waals surface area contributed by atoms with E-state index in [-0.39, 0.29) is 0 Å². The lowest BCUT2D eigenvalue weighted by Gasteiger charge is -2.20. The minimum atomic E-state index is -0.568. The Kier molecular flexibility index (Phi) is 8.10. The molecule has 0 aromatic heterocycles. The smallest absolute Gasteiger partial charge is 0.408 e. The maximum Gasteiger partial charge on any atom is 0.408 e. The second-order valence-electron chi connectivity index (χ2n) is 3.57. The highest BCUT2D eigenvalue weighted by molar-refractivity contribution is 5.73. The zero-order valence-corrected chi connectivity index (χ0v) is 9.88. The molecule has 0 aliphatic carbocycles. The molecule has 0 spiro atoms. The van der Waals surface area contributed by atoms with Crippen LogP contribution in [-0.4, -0.2) is 24.0 Å². The van der Waals surface area contributed by atoms with Crippen molar-refractivity contribution in [2.45, 2.75) is 53.2 Å². The van der Waals surface area contributed by atoms with Gasteiger partial charge < -0.3 is 14.8 Å². The minimum Gasteiger partial charge on any atom is -0.444 e. The first-order chi connectivity index (χ1) is 6.35. The van der Waals surface area contributed by atoms with Crippen LogP contribution in [0.1, 0.15) is 41.5 Å². The summed E-state index contributed by atoms with van der Waals surface area (Å²) in [6.07, 6.45) is 0.0753. The molecule has 1 N–H and O–H groups in total. The van der Waals surface area contributed by atoms with Crippen LogP contribution in [0.15, 0.2) is 0 Å². The van der Waals surface area contributed by atoms with Gasteiger partial charge in [-0.1, -0.05) is 13.8 Å². The lowest BCUT2D eigenvalue weighted by Crippen LogP contribution is -2.38. The number of hydrogen-bond acceptors (Lipinski definition) is 3. The molecule has 0 saturated heterocycles. The first-order valence-corrected chi connectivity index (χ1v) is 4.80. The lowest BCUT2D eigenvalue weighted by atomic mass is 10.2. The fourth-order valence-corrected chi connectivity index (χ4v) is 0.527. The summed E-state index contributed by atoms with van der Waals surface area (Å²) in [6.45, 7) is 10.9. The van der Waals surface area contributed by atoms with Crippen LogP contribution < -0.4 is 5.32 Å². The summed E-state index contributed by atoms with van der Waals surface area (Å²) in [7, 11) is 0. The molecule has 4 heteroatoms. The SMILES string of the molecule is CC.CC(C=O)NC(=O)OC(C)(C)C. The predicted octanol–water partition coefficient (Wildman–Crippen LogP) is 2.12. The molecule has 0 aromatic rings. The maximum atomic E-state index is 10.9. The van der Waals surface area contributed by atoms with Crippen molar-refractivity contribution in [2.24, 2.45) is 0 Å². The molecule has 0 aliphatic rings. The second-order valence-corrected chi connectivity index (χ2v) is 3.57. The molecule has 0 rings (SSSR count). The molecule has 0 aromatic carbocycles. The largest absolute Gasteiger partial charge is 0.444 e. The van der Waals surface area contributed by atoms with Gasteiger partial charge in [0.25, 0.3) is 0 Å². The molecule has 14 heavy (non-hydrogen) atoms. The summed E-state index contributed by atoms with van der Waals surface area (Å²) in [5.41, 5.74) is -0.521. The second kappa shape index (κ2) is 7.35. The topological polar surface area (TPSA) is 55.4 Å². The first-order valence-electron chi connectivity index (χ1n) is 4.80. The molecule has 0 aliphatic heterocycles. The van der Waals surface area contributed by atoms with Crippen molar-refractivity contribution in [3.05, 3.63) is 0 Å². The van der Waals surface area contributed by atoms with Crippen LogP contribution >= 0.6 is 0 Å². The number of hydrogen-bond donors (Lipinski definition) is 1. The van der Waals surface area contributed by atoms with E-state index in [4.69, 9.17) is 4.74 Å². The molecule has 0 radical (unpaired) electrons. The third kappa shape index (κ3) is 10.9. The van der Waals surface area contributed by atoms with Crippen LogP contribution in [0.4, 0.5) is 4.79 Å². The highest BCUT2D eigenvalue weighted by Crippen LogP contribution is 2.06. The molecule has 1 amide bonds. The van der Waals surface area contributed by atoms with Gasteiger partial charge in [0.1, 0.15) is 11.9 Å². The van der Waals surface area contributed by atoms with E-state index in [9.17, 15) is 9.59 Å². The Morgan fingerprint density at radius 2 is 1.79 bits per heavy atom. The molecule has 84 valence electrons. The van der Waals surface area contributed by atoms with Crippen LogP contribution in [0.2, 0.25) is 0 Å². The van der Waals surface area contributed by atoms with Crippen molar-refractivity contribution in [1.29, 1.82) is 0 Å². The van der Waals surface area contributed by atoms with Gasteiger partial charge in [0, 0.05) is 0 Å². The molecule has 0 bridgehead atoms. The van der Waals surface area contributed by atoms with Crippen LogP contribution in [0, 0.1) is 0 Å². The van der Waals surface area contributed by atoms with Gasteiger partial charge in [-0.05, 0) is 27.7 Å². The molecule has 1 atom stereocenters. The quantitative estimate of drug-likeness (QED) is 0.699. The number of nitrogens with one attached hydrogen (secondary N) is 1. The Morgan fingerprint density at radius 3 is 2.07 bits per heavy atom. The molecule has 4 nitrogen and oxygen atoms in total. The van der Waals surface area contributed by atoms with Crippen molar-refractivity contribution in [3.63, 3.8) is 0 Å². The fourth-order valence-electron chi connectivity index (χ4n) is 0.527. The van der Waals surface area contributed by atoms with E-state index in [0.29, 0.717) is 6.29 Å². The Labute approximate surface area is 86.0 Å². The van der Waals surface area contributed by atoms with Crippen molar-refractivity contribution in [3.8, 4) is 0 Å². The highest BCUT2D eigenvalue weighted by Gasteiger charge is 2.16. The van der Waals surface area contributed by atoms with Crippen molar-refractivity contribution >= 4 is 12.4 Å². The number of ether oxygens (including phenoxy) is 1. The first kappa shape index (κ1) is 15.4. The van der Waals surface area contributed by atoms with Gasteiger partial charge in [0.05, 0.1) is 6.04 Å². The van der Waals surface area contributed by atoms with Crippen molar-refractivity contribution in [1.82, 2.24) is 5.32 Å². The van der Waals surface area contributed by atoms with E-state index in [1.54, 1.807) is 27.7 Å². The molecular weight excluding hydrogens is 182 g/mol. The van der Waals surface area contributed by atoms with E-state index in [1.165, 1.54) is 0 Å². The summed E-state index contributed by atoms with van der Waals surface area (Å²) in [4.78, 5) is 21.1. The zero-order chi connectivity index (χ0) is 11.8. The predicted molar refractivity (Wildman–Crippen MR) is 56.2 cm³/mol. The molecule has 1 unspecified atom stereocenters. The van der Waals surface area contributed by atoms with Gasteiger partial charge in [0.15, 0.2) is 0 Å². The van der Waals surface area contributed by atoms with Crippen molar-refractivity contribution < 1.29 is 14.3 Å². The molecule has 0 fully saturated rings. The Balaban J connectivity index is 0. The van der Waals surface area contributed by atoms with Gasteiger partial charge in [-0.25, -0.2) is 4.79 Å². The van der Waals surface area contributed by atoms with E-state index in [1.807, 2.05) is 13.8 Å². The van der Waals surface area contributed by atoms with Crippen LogP contribution in [0.5, 0.6) is 0 Å². The number of aldehydes is 1. The number of carbonyl (C=O) groups excluding carboxylic acids is 2. The molecule has 0 heterocycles. The summed E-state index contributed by atoms with van der Waals surface area (Å²) in [6, 6.07) is -0.500. The average Bonchev–Trinajstić information content (AvgIpc) is 2.04. The molecule has 0 saturated carbocycles. The van der Waals surface area contributed by atoms with E-state index < -0.39 is 17.7 Å². The number of rotatable bonds is 2. The molecular formula is C10H21NO3. The van der Waals surface area contributed by atoms with Gasteiger partial charge >= 0.3 is 6.09 Å².